The molecule has 2 bridgehead atoms. The molecule has 1 saturated heterocycles. The van der Waals surface area contributed by atoms with Crippen LogP contribution in [-0.2, 0) is 19.2 Å². The Balaban J connectivity index is 1.12. The number of Topliss-reactive ketones (excluding diaryl/α,β-unsaturated/α-hetero) is 1. The Morgan fingerprint density at radius 1 is 1.06 bits per heavy atom. The lowest BCUT2D eigenvalue weighted by Gasteiger charge is -2.53. The van der Waals surface area contributed by atoms with Gasteiger partial charge in [0.05, 0.1) is 28.6 Å². The molecule has 0 spiro atoms. The third-order valence-electron chi connectivity index (χ3n) is 9.02. The molecule has 0 aromatic carbocycles. The minimum atomic E-state index is -1.13. The summed E-state index contributed by atoms with van der Waals surface area (Å²) >= 11 is 11.9. The Morgan fingerprint density at radius 3 is 2.40 bits per heavy atom. The summed E-state index contributed by atoms with van der Waals surface area (Å²) in [5.41, 5.74) is 1.82. The molecule has 0 radical (unpaired) electrons. The Morgan fingerprint density at radius 2 is 1.74 bits per heavy atom. The number of amides is 1. The molecule has 6 rings (SSSR count). The number of fused-ring (bicyclic) bond motifs is 3. The molecule has 3 N–H and O–H groups in total. The maximum Gasteiger partial charge on any atom is 0.246 e. The van der Waals surface area contributed by atoms with Crippen molar-refractivity contribution in [2.45, 2.75) is 118 Å². The van der Waals surface area contributed by atoms with Crippen molar-refractivity contribution in [3.63, 3.8) is 0 Å². The van der Waals surface area contributed by atoms with Gasteiger partial charge < -0.3 is 10.1 Å². The van der Waals surface area contributed by atoms with Gasteiger partial charge in [0.1, 0.15) is 25.2 Å². The summed E-state index contributed by atoms with van der Waals surface area (Å²) in [5.74, 6) is -0.256. The molecule has 0 aromatic rings. The van der Waals surface area contributed by atoms with E-state index in [1.165, 1.54) is 0 Å². The number of hydrogen-bond acceptors (Lipinski definition) is 6. The second-order valence-corrected chi connectivity index (χ2v) is 12.4. The largest absolute Gasteiger partial charge is 0.368 e. The van der Waals surface area contributed by atoms with Crippen LogP contribution in [0.3, 0.4) is 0 Å². The molecule has 6 fully saturated rings. The van der Waals surface area contributed by atoms with E-state index >= 15 is 0 Å². The van der Waals surface area contributed by atoms with E-state index in [4.69, 9.17) is 32.8 Å². The highest BCUT2D eigenvalue weighted by molar-refractivity contribution is 6.21. The molecule has 7 nitrogen and oxygen atoms in total. The lowest BCUT2D eigenvalue weighted by Crippen LogP contribution is -2.66. The predicted octanol–water partition coefficient (Wildman–Crippen LogP) is 3.41. The van der Waals surface area contributed by atoms with Gasteiger partial charge in [-0.25, -0.2) is 8.78 Å². The van der Waals surface area contributed by atoms with Crippen molar-refractivity contribution in [2.24, 2.45) is 11.3 Å². The van der Waals surface area contributed by atoms with Crippen molar-refractivity contribution < 1.29 is 27.9 Å². The van der Waals surface area contributed by atoms with Gasteiger partial charge in [0.25, 0.3) is 0 Å². The van der Waals surface area contributed by atoms with E-state index in [0.717, 1.165) is 19.3 Å². The van der Waals surface area contributed by atoms with Crippen molar-refractivity contribution >= 4 is 34.9 Å². The molecule has 198 valence electrons. The van der Waals surface area contributed by atoms with Crippen LogP contribution in [0.25, 0.3) is 0 Å². The third-order valence-corrected chi connectivity index (χ3v) is 10.0. The minimum absolute atomic E-state index is 0.00939. The predicted molar refractivity (Wildman–Crippen MR) is 126 cm³/mol. The fourth-order valence-electron chi connectivity index (χ4n) is 6.68. The summed E-state index contributed by atoms with van der Waals surface area (Å²) in [7, 11) is 0. The Bertz CT molecular complexity index is 816. The monoisotopic (exact) mass is 537 g/mol. The van der Waals surface area contributed by atoms with Crippen LogP contribution in [0.5, 0.6) is 0 Å². The molecule has 8 unspecified atom stereocenters. The third kappa shape index (κ3) is 5.23. The van der Waals surface area contributed by atoms with Crippen LogP contribution in [0.15, 0.2) is 0 Å². The maximum absolute atomic E-state index is 14.1. The number of rotatable bonds is 6. The zero-order chi connectivity index (χ0) is 24.8. The van der Waals surface area contributed by atoms with Crippen molar-refractivity contribution in [1.82, 2.24) is 16.1 Å². The summed E-state index contributed by atoms with van der Waals surface area (Å²) < 4.78 is 33.6. The quantitative estimate of drug-likeness (QED) is 0.450. The first-order chi connectivity index (χ1) is 16.7. The number of alkyl halides is 4. The second kappa shape index (κ2) is 10.3. The fourth-order valence-corrected chi connectivity index (χ4v) is 7.14. The van der Waals surface area contributed by atoms with Gasteiger partial charge >= 0.3 is 0 Å². The molecule has 6 aliphatic rings. The highest BCUT2D eigenvalue weighted by Gasteiger charge is 2.59. The Labute approximate surface area is 214 Å². The number of ether oxygens (including phenoxy) is 1. The molecule has 11 heteroatoms. The average Bonchev–Trinajstić information content (AvgIpc) is 3.34. The number of hydroxylamine groups is 1. The van der Waals surface area contributed by atoms with Crippen molar-refractivity contribution in [2.75, 3.05) is 6.61 Å². The van der Waals surface area contributed by atoms with E-state index < -0.39 is 28.6 Å². The van der Waals surface area contributed by atoms with Gasteiger partial charge in [-0.2, -0.15) is 5.48 Å². The van der Waals surface area contributed by atoms with E-state index in [-0.39, 0.29) is 54.5 Å². The fraction of sp³-hybridized carbons (Fsp3) is 0.917. The van der Waals surface area contributed by atoms with Gasteiger partial charge in [0.2, 0.25) is 5.91 Å². The molecule has 1 amide bonds. The normalized spacial score (nSPS) is 48.2. The molecule has 1 heterocycles. The van der Waals surface area contributed by atoms with Gasteiger partial charge in [-0.3, -0.25) is 19.7 Å². The highest BCUT2D eigenvalue weighted by atomic mass is 35.5. The smallest absolute Gasteiger partial charge is 0.246 e. The van der Waals surface area contributed by atoms with Crippen LogP contribution in [0.4, 0.5) is 8.78 Å². The standard InChI is InChI=1S/C24H35Cl2F2N3O4/c25-15-3-1-13(9-17(15)27)21-29-22(35-31-21)23-5-7-24(8-6-23,19(32)11-23)30-20(33)12-34-14-2-4-16(26)18(28)10-14/h13-18,21-22,29,31H,1-12H2,(H,30,33). The first-order valence-corrected chi connectivity index (χ1v) is 13.8. The summed E-state index contributed by atoms with van der Waals surface area (Å²) in [4.78, 5) is 31.8. The Hall–Kier alpha value is -0.580. The summed E-state index contributed by atoms with van der Waals surface area (Å²) in [6.07, 6.45) is 3.03. The van der Waals surface area contributed by atoms with E-state index in [9.17, 15) is 18.4 Å². The average molecular weight is 538 g/mol. The van der Waals surface area contributed by atoms with Gasteiger partial charge in [-0.15, -0.1) is 23.2 Å². The van der Waals surface area contributed by atoms with Crippen molar-refractivity contribution in [3.8, 4) is 0 Å². The molecular formula is C24H35Cl2F2N3O4. The van der Waals surface area contributed by atoms with E-state index in [2.05, 4.69) is 16.1 Å². The first-order valence-electron chi connectivity index (χ1n) is 12.9. The molecule has 35 heavy (non-hydrogen) atoms. The van der Waals surface area contributed by atoms with Crippen LogP contribution in [-0.4, -0.2) is 65.4 Å². The lowest BCUT2D eigenvalue weighted by molar-refractivity contribution is -0.156. The first kappa shape index (κ1) is 26.0. The van der Waals surface area contributed by atoms with Gasteiger partial charge in [-0.05, 0) is 63.7 Å². The topological polar surface area (TPSA) is 88.7 Å². The number of carbonyl (C=O) groups is 2. The van der Waals surface area contributed by atoms with E-state index in [0.29, 0.717) is 44.9 Å². The molecular weight excluding hydrogens is 503 g/mol. The number of halogens is 4. The number of carbonyl (C=O) groups excluding carboxylic acids is 2. The summed E-state index contributed by atoms with van der Waals surface area (Å²) in [6, 6.07) is 0. The van der Waals surface area contributed by atoms with Gasteiger partial charge in [0, 0.05) is 18.3 Å². The minimum Gasteiger partial charge on any atom is -0.368 e. The van der Waals surface area contributed by atoms with Crippen LogP contribution in [0.1, 0.15) is 70.6 Å². The zero-order valence-electron chi connectivity index (χ0n) is 19.7. The summed E-state index contributed by atoms with van der Waals surface area (Å²) in [6.45, 7) is -0.191. The molecule has 1 aliphatic heterocycles. The molecule has 5 aliphatic carbocycles. The molecule has 8 atom stereocenters. The van der Waals surface area contributed by atoms with Gasteiger partial charge in [-0.1, -0.05) is 0 Å². The Kier molecular flexibility index (Phi) is 7.66. The van der Waals surface area contributed by atoms with Crippen molar-refractivity contribution in [3.05, 3.63) is 0 Å². The highest BCUT2D eigenvalue weighted by Crippen LogP contribution is 2.53. The van der Waals surface area contributed by atoms with Gasteiger partial charge in [0.15, 0.2) is 5.78 Å². The number of hydrogen-bond donors (Lipinski definition) is 3. The van der Waals surface area contributed by atoms with Crippen molar-refractivity contribution in [1.29, 1.82) is 0 Å². The molecule has 5 saturated carbocycles. The van der Waals surface area contributed by atoms with E-state index in [1.54, 1.807) is 0 Å². The lowest BCUT2D eigenvalue weighted by atomic mass is 9.55. The van der Waals surface area contributed by atoms with Crippen LogP contribution >= 0.6 is 23.2 Å². The van der Waals surface area contributed by atoms with Crippen LogP contribution in [0.2, 0.25) is 0 Å². The van der Waals surface area contributed by atoms with Crippen LogP contribution in [0, 0.1) is 11.3 Å². The van der Waals surface area contributed by atoms with Crippen LogP contribution < -0.4 is 16.1 Å². The number of ketones is 1. The summed E-state index contributed by atoms with van der Waals surface area (Å²) in [5, 5.41) is 5.50. The second-order valence-electron chi connectivity index (χ2n) is 11.2. The SMILES string of the molecule is O=C(COC1CCC(Cl)C(F)C1)NC12CCC(C3NC(C4CCC(Cl)C(F)C4)NO3)(CC1)CC2=O. The number of nitrogens with one attached hydrogen (secondary N) is 3. The maximum atomic E-state index is 14.1. The van der Waals surface area contributed by atoms with E-state index in [1.807, 2.05) is 0 Å². The molecule has 0 aromatic heterocycles. The zero-order valence-corrected chi connectivity index (χ0v) is 21.3.